The summed E-state index contributed by atoms with van der Waals surface area (Å²) in [4.78, 5) is 3.63. The van der Waals surface area contributed by atoms with E-state index in [-0.39, 0.29) is 5.56 Å². The number of pyridine rings is 1. The normalized spacial score (nSPS) is 14.1. The van der Waals surface area contributed by atoms with Gasteiger partial charge in [-0.2, -0.15) is 13.2 Å². The summed E-state index contributed by atoms with van der Waals surface area (Å²) in [6, 6.07) is 1.33. The molecule has 0 aliphatic rings. The van der Waals surface area contributed by atoms with E-state index in [1.54, 1.807) is 6.92 Å². The molecule has 1 rings (SSSR count). The van der Waals surface area contributed by atoms with Crippen LogP contribution in [0.25, 0.3) is 0 Å². The first kappa shape index (κ1) is 11.0. The summed E-state index contributed by atoms with van der Waals surface area (Å²) in [6.07, 6.45) is -4.11. The summed E-state index contributed by atoms with van der Waals surface area (Å²) in [6.45, 7) is 1.64. The summed E-state index contributed by atoms with van der Waals surface area (Å²) in [5.74, 6) is 0. The van der Waals surface area contributed by atoms with Gasteiger partial charge in [-0.1, -0.05) is 6.07 Å². The third-order valence-corrected chi connectivity index (χ3v) is 1.63. The van der Waals surface area contributed by atoms with Crippen LogP contribution >= 0.6 is 0 Å². The van der Waals surface area contributed by atoms with Crippen molar-refractivity contribution < 1.29 is 17.9 Å². The highest BCUT2D eigenvalue weighted by Crippen LogP contribution is 2.35. The lowest BCUT2D eigenvalue weighted by atomic mass is 10.1. The standard InChI is InChI=1S/C9H8F3NO/c1-6-3-7(5-13-4-6)8(14-2)9(10,11)12/h2-5,8H,1H3. The van der Waals surface area contributed by atoms with Crippen molar-refractivity contribution in [2.45, 2.75) is 19.2 Å². The molecular weight excluding hydrogens is 195 g/mol. The lowest BCUT2D eigenvalue weighted by Crippen LogP contribution is -2.22. The van der Waals surface area contributed by atoms with Gasteiger partial charge in [-0.3, -0.25) is 4.98 Å². The van der Waals surface area contributed by atoms with Gasteiger partial charge in [0.1, 0.15) is 7.11 Å². The molecule has 2 radical (unpaired) electrons. The van der Waals surface area contributed by atoms with Crippen molar-refractivity contribution in [1.29, 1.82) is 0 Å². The molecule has 1 aromatic heterocycles. The average Bonchev–Trinajstić information content (AvgIpc) is 2.02. The lowest BCUT2D eigenvalue weighted by molar-refractivity contribution is -0.210. The summed E-state index contributed by atoms with van der Waals surface area (Å²) < 4.78 is 40.8. The minimum atomic E-state index is -4.52. The van der Waals surface area contributed by atoms with E-state index < -0.39 is 12.3 Å². The largest absolute Gasteiger partial charge is 0.418 e. The van der Waals surface area contributed by atoms with Crippen LogP contribution in [-0.4, -0.2) is 11.2 Å². The SMILES string of the molecule is [CH]OC(c1cncc(C)c1)C(F)(F)F. The highest BCUT2D eigenvalue weighted by molar-refractivity contribution is 5.20. The van der Waals surface area contributed by atoms with Crippen LogP contribution < -0.4 is 0 Å². The Balaban J connectivity index is 3.01. The fraction of sp³-hybridized carbons (Fsp3) is 0.333. The molecule has 0 amide bonds. The van der Waals surface area contributed by atoms with Crippen molar-refractivity contribution in [2.75, 3.05) is 0 Å². The topological polar surface area (TPSA) is 22.1 Å². The molecule has 0 bridgehead atoms. The van der Waals surface area contributed by atoms with Crippen LogP contribution in [0.5, 0.6) is 0 Å². The Morgan fingerprint density at radius 2 is 2.07 bits per heavy atom. The number of hydrogen-bond donors (Lipinski definition) is 0. The third kappa shape index (κ3) is 2.45. The van der Waals surface area contributed by atoms with Gasteiger partial charge in [-0.25, -0.2) is 0 Å². The highest BCUT2D eigenvalue weighted by atomic mass is 19.4. The minimum absolute atomic E-state index is 0.0972. The minimum Gasteiger partial charge on any atom is -0.355 e. The maximum absolute atomic E-state index is 12.3. The number of halogens is 3. The summed E-state index contributed by atoms with van der Waals surface area (Å²) >= 11 is 0. The predicted octanol–water partition coefficient (Wildman–Crippen LogP) is 2.68. The zero-order chi connectivity index (χ0) is 10.8. The molecular formula is C9H8F3NO. The van der Waals surface area contributed by atoms with E-state index in [0.29, 0.717) is 5.56 Å². The van der Waals surface area contributed by atoms with Gasteiger partial charge in [0.15, 0.2) is 6.10 Å². The maximum Gasteiger partial charge on any atom is 0.418 e. The Kier molecular flexibility index (Phi) is 3.10. The first-order valence-electron chi connectivity index (χ1n) is 3.79. The van der Waals surface area contributed by atoms with Gasteiger partial charge < -0.3 is 4.74 Å². The second-order valence-electron chi connectivity index (χ2n) is 2.85. The summed E-state index contributed by atoms with van der Waals surface area (Å²) in [7, 11) is 4.59. The van der Waals surface area contributed by atoms with Crippen molar-refractivity contribution >= 4 is 0 Å². The van der Waals surface area contributed by atoms with Crippen LogP contribution in [-0.2, 0) is 4.74 Å². The number of nitrogens with zero attached hydrogens (tertiary/aromatic N) is 1. The van der Waals surface area contributed by atoms with Crippen molar-refractivity contribution in [3.8, 4) is 0 Å². The van der Waals surface area contributed by atoms with Crippen LogP contribution in [0, 0.1) is 14.0 Å². The Hall–Kier alpha value is -1.10. The first-order valence-corrected chi connectivity index (χ1v) is 3.79. The Morgan fingerprint density at radius 1 is 1.43 bits per heavy atom. The molecule has 0 aromatic carbocycles. The average molecular weight is 203 g/mol. The molecule has 1 aromatic rings. The second-order valence-corrected chi connectivity index (χ2v) is 2.85. The molecule has 1 unspecified atom stereocenters. The first-order chi connectivity index (χ1) is 6.45. The molecule has 2 nitrogen and oxygen atoms in total. The van der Waals surface area contributed by atoms with Gasteiger partial charge in [0.2, 0.25) is 0 Å². The van der Waals surface area contributed by atoms with Gasteiger partial charge in [-0.05, 0) is 12.5 Å². The van der Waals surface area contributed by atoms with Crippen molar-refractivity contribution in [1.82, 2.24) is 4.98 Å². The zero-order valence-corrected chi connectivity index (χ0v) is 7.38. The Morgan fingerprint density at radius 3 is 2.50 bits per heavy atom. The van der Waals surface area contributed by atoms with Crippen LogP contribution in [0.15, 0.2) is 18.5 Å². The lowest BCUT2D eigenvalue weighted by Gasteiger charge is -2.18. The van der Waals surface area contributed by atoms with Crippen molar-refractivity contribution in [3.05, 3.63) is 36.7 Å². The Bertz CT molecular complexity index is 311. The van der Waals surface area contributed by atoms with Crippen LogP contribution in [0.1, 0.15) is 17.2 Å². The van der Waals surface area contributed by atoms with Crippen molar-refractivity contribution in [3.63, 3.8) is 0 Å². The van der Waals surface area contributed by atoms with E-state index in [1.807, 2.05) is 0 Å². The van der Waals surface area contributed by atoms with Gasteiger partial charge in [0.05, 0.1) is 0 Å². The van der Waals surface area contributed by atoms with E-state index in [2.05, 4.69) is 16.8 Å². The molecule has 14 heavy (non-hydrogen) atoms. The number of alkyl halides is 3. The molecule has 0 aliphatic heterocycles. The number of hydrogen-bond acceptors (Lipinski definition) is 2. The molecule has 5 heteroatoms. The van der Waals surface area contributed by atoms with E-state index in [9.17, 15) is 13.2 Å². The number of rotatable bonds is 2. The fourth-order valence-electron chi connectivity index (χ4n) is 1.07. The van der Waals surface area contributed by atoms with E-state index in [4.69, 9.17) is 0 Å². The van der Waals surface area contributed by atoms with Gasteiger partial charge in [0.25, 0.3) is 0 Å². The predicted molar refractivity (Wildman–Crippen MR) is 43.2 cm³/mol. The van der Waals surface area contributed by atoms with E-state index in [1.165, 1.54) is 12.3 Å². The molecule has 0 N–H and O–H groups in total. The van der Waals surface area contributed by atoms with Crippen LogP contribution in [0.3, 0.4) is 0 Å². The zero-order valence-electron chi connectivity index (χ0n) is 7.38. The highest BCUT2D eigenvalue weighted by Gasteiger charge is 2.41. The molecule has 0 saturated carbocycles. The molecule has 76 valence electrons. The third-order valence-electron chi connectivity index (χ3n) is 1.63. The molecule has 0 fully saturated rings. The van der Waals surface area contributed by atoms with Crippen LogP contribution in [0.2, 0.25) is 0 Å². The van der Waals surface area contributed by atoms with Gasteiger partial charge in [-0.15, -0.1) is 0 Å². The smallest absolute Gasteiger partial charge is 0.355 e. The molecule has 0 spiro atoms. The van der Waals surface area contributed by atoms with E-state index >= 15 is 0 Å². The summed E-state index contributed by atoms with van der Waals surface area (Å²) in [5.41, 5.74) is 0.522. The molecule has 0 aliphatic carbocycles. The number of aryl methyl sites for hydroxylation is 1. The molecule has 1 atom stereocenters. The van der Waals surface area contributed by atoms with Gasteiger partial charge in [0, 0.05) is 18.0 Å². The second kappa shape index (κ2) is 3.96. The maximum atomic E-state index is 12.3. The molecule has 1 heterocycles. The summed E-state index contributed by atoms with van der Waals surface area (Å²) in [5, 5.41) is 0. The van der Waals surface area contributed by atoms with Crippen molar-refractivity contribution in [2.24, 2.45) is 0 Å². The monoisotopic (exact) mass is 203 g/mol. The number of ether oxygens (including phenoxy) is 1. The fourth-order valence-corrected chi connectivity index (χ4v) is 1.07. The van der Waals surface area contributed by atoms with Gasteiger partial charge >= 0.3 is 6.18 Å². The quantitative estimate of drug-likeness (QED) is 0.737. The molecule has 0 saturated heterocycles. The van der Waals surface area contributed by atoms with E-state index in [0.717, 1.165) is 6.20 Å². The Labute approximate surface area is 79.7 Å². The van der Waals surface area contributed by atoms with Crippen LogP contribution in [0.4, 0.5) is 13.2 Å². The number of aromatic nitrogens is 1.